The van der Waals surface area contributed by atoms with E-state index in [0.29, 0.717) is 5.69 Å². The number of para-hydroxylation sites is 1. The van der Waals surface area contributed by atoms with Crippen molar-refractivity contribution in [2.24, 2.45) is 0 Å². The van der Waals surface area contributed by atoms with Crippen molar-refractivity contribution in [3.63, 3.8) is 0 Å². The Kier molecular flexibility index (Phi) is 3.73. The summed E-state index contributed by atoms with van der Waals surface area (Å²) in [6.45, 7) is 4.84. The van der Waals surface area contributed by atoms with Gasteiger partial charge in [0.15, 0.2) is 5.69 Å². The Morgan fingerprint density at radius 2 is 2.04 bits per heavy atom. The van der Waals surface area contributed by atoms with Crippen molar-refractivity contribution in [1.29, 1.82) is 0 Å². The highest BCUT2D eigenvalue weighted by molar-refractivity contribution is 7.10. The zero-order chi connectivity index (χ0) is 16.7. The number of hydrogen-bond acceptors (Lipinski definition) is 3. The number of amides is 1. The van der Waals surface area contributed by atoms with Crippen LogP contribution in [-0.4, -0.2) is 27.1 Å². The molecule has 1 amide bonds. The molecule has 0 saturated carbocycles. The fraction of sp³-hybridized carbons (Fsp3) is 0.263. The lowest BCUT2D eigenvalue weighted by molar-refractivity contribution is 0.0673. The van der Waals surface area contributed by atoms with Crippen LogP contribution in [0, 0.1) is 6.92 Å². The first kappa shape index (κ1) is 15.1. The first-order chi connectivity index (χ1) is 11.6. The number of benzene rings is 1. The van der Waals surface area contributed by atoms with Gasteiger partial charge in [-0.05, 0) is 55.5 Å². The third-order valence-electron chi connectivity index (χ3n) is 4.65. The summed E-state index contributed by atoms with van der Waals surface area (Å²) < 4.78 is 1.83. The monoisotopic (exact) mass is 337 g/mol. The second-order valence-electron chi connectivity index (χ2n) is 6.14. The minimum atomic E-state index is 0.0112. The lowest BCUT2D eigenvalue weighted by Gasteiger charge is -2.33. The molecule has 0 aliphatic carbocycles. The van der Waals surface area contributed by atoms with Gasteiger partial charge in [-0.25, -0.2) is 4.68 Å². The van der Waals surface area contributed by atoms with E-state index in [1.54, 1.807) is 11.3 Å². The highest BCUT2D eigenvalue weighted by Gasteiger charge is 2.30. The number of hydrogen-bond donors (Lipinski definition) is 0. The molecule has 1 unspecified atom stereocenters. The molecule has 0 spiro atoms. The van der Waals surface area contributed by atoms with E-state index in [4.69, 9.17) is 0 Å². The standard InChI is InChI=1S/C19H19N3OS/c1-13-12-17(20-22(13)15-6-4-3-5-7-15)19(23)21-10-8-18-16(14(21)2)9-11-24-18/h3-7,9,11-12,14H,8,10H2,1-2H3. The summed E-state index contributed by atoms with van der Waals surface area (Å²) in [6.07, 6.45) is 0.932. The van der Waals surface area contributed by atoms with Gasteiger partial charge in [0.25, 0.3) is 5.91 Å². The average molecular weight is 337 g/mol. The lowest BCUT2D eigenvalue weighted by atomic mass is 10.0. The summed E-state index contributed by atoms with van der Waals surface area (Å²) in [7, 11) is 0. The summed E-state index contributed by atoms with van der Waals surface area (Å²) >= 11 is 1.78. The van der Waals surface area contributed by atoms with Crippen LogP contribution in [0.1, 0.15) is 39.6 Å². The van der Waals surface area contributed by atoms with Gasteiger partial charge in [-0.2, -0.15) is 5.10 Å². The average Bonchev–Trinajstić information content (AvgIpc) is 3.22. The zero-order valence-electron chi connectivity index (χ0n) is 13.8. The van der Waals surface area contributed by atoms with E-state index in [2.05, 4.69) is 23.5 Å². The molecule has 0 fully saturated rings. The van der Waals surface area contributed by atoms with E-state index in [0.717, 1.165) is 24.3 Å². The van der Waals surface area contributed by atoms with Crippen LogP contribution >= 0.6 is 11.3 Å². The van der Waals surface area contributed by atoms with Crippen LogP contribution in [0.3, 0.4) is 0 Å². The van der Waals surface area contributed by atoms with Gasteiger partial charge in [-0.1, -0.05) is 18.2 Å². The van der Waals surface area contributed by atoms with Crippen LogP contribution in [0.2, 0.25) is 0 Å². The first-order valence-electron chi connectivity index (χ1n) is 8.14. The highest BCUT2D eigenvalue weighted by Crippen LogP contribution is 2.33. The Bertz CT molecular complexity index is 881. The molecule has 3 aromatic rings. The molecule has 0 saturated heterocycles. The van der Waals surface area contributed by atoms with Gasteiger partial charge in [-0.15, -0.1) is 11.3 Å². The molecule has 1 atom stereocenters. The van der Waals surface area contributed by atoms with Crippen LogP contribution in [-0.2, 0) is 6.42 Å². The fourth-order valence-corrected chi connectivity index (χ4v) is 4.31. The van der Waals surface area contributed by atoms with Crippen molar-refractivity contribution in [3.8, 4) is 5.69 Å². The molecule has 3 heterocycles. The number of aryl methyl sites for hydroxylation is 1. The summed E-state index contributed by atoms with van der Waals surface area (Å²) in [6, 6.07) is 14.0. The Morgan fingerprint density at radius 1 is 1.25 bits per heavy atom. The minimum Gasteiger partial charge on any atom is -0.330 e. The maximum absolute atomic E-state index is 13.0. The Balaban J connectivity index is 1.64. The number of aromatic nitrogens is 2. The lowest BCUT2D eigenvalue weighted by Crippen LogP contribution is -2.38. The molecular formula is C19H19N3OS. The van der Waals surface area contributed by atoms with Crippen LogP contribution in [0.5, 0.6) is 0 Å². The largest absolute Gasteiger partial charge is 0.330 e. The first-order valence-corrected chi connectivity index (χ1v) is 9.02. The zero-order valence-corrected chi connectivity index (χ0v) is 14.6. The van der Waals surface area contributed by atoms with Crippen molar-refractivity contribution < 1.29 is 4.79 Å². The van der Waals surface area contributed by atoms with E-state index in [-0.39, 0.29) is 11.9 Å². The van der Waals surface area contributed by atoms with Gasteiger partial charge in [0.1, 0.15) is 0 Å². The quantitative estimate of drug-likeness (QED) is 0.709. The molecular weight excluding hydrogens is 318 g/mol. The van der Waals surface area contributed by atoms with Gasteiger partial charge >= 0.3 is 0 Å². The summed E-state index contributed by atoms with van der Waals surface area (Å²) in [4.78, 5) is 16.3. The maximum atomic E-state index is 13.0. The topological polar surface area (TPSA) is 38.1 Å². The summed E-state index contributed by atoms with van der Waals surface area (Å²) in [5, 5.41) is 6.68. The summed E-state index contributed by atoms with van der Waals surface area (Å²) in [5.74, 6) is 0.0112. The second-order valence-corrected chi connectivity index (χ2v) is 7.14. The van der Waals surface area contributed by atoms with E-state index < -0.39 is 0 Å². The molecule has 0 N–H and O–H groups in total. The van der Waals surface area contributed by atoms with Gasteiger partial charge < -0.3 is 4.90 Å². The molecule has 122 valence electrons. The maximum Gasteiger partial charge on any atom is 0.274 e. The number of nitrogens with zero attached hydrogens (tertiary/aromatic N) is 3. The number of fused-ring (bicyclic) bond motifs is 1. The smallest absolute Gasteiger partial charge is 0.274 e. The van der Waals surface area contributed by atoms with Crippen LogP contribution in [0.4, 0.5) is 0 Å². The number of carbonyl (C=O) groups is 1. The van der Waals surface area contributed by atoms with Crippen LogP contribution < -0.4 is 0 Å². The predicted molar refractivity (Wildman–Crippen MR) is 95.8 cm³/mol. The minimum absolute atomic E-state index is 0.0112. The Morgan fingerprint density at radius 3 is 2.83 bits per heavy atom. The number of rotatable bonds is 2. The second kappa shape index (κ2) is 5.91. The molecule has 24 heavy (non-hydrogen) atoms. The van der Waals surface area contributed by atoms with Crippen molar-refractivity contribution in [1.82, 2.24) is 14.7 Å². The molecule has 5 heteroatoms. The van der Waals surface area contributed by atoms with Crippen molar-refractivity contribution in [2.45, 2.75) is 26.3 Å². The molecule has 1 aliphatic rings. The summed E-state index contributed by atoms with van der Waals surface area (Å²) in [5.41, 5.74) is 3.73. The molecule has 4 nitrogen and oxygen atoms in total. The third kappa shape index (κ3) is 2.45. The van der Waals surface area contributed by atoms with Crippen LogP contribution in [0.25, 0.3) is 5.69 Å². The van der Waals surface area contributed by atoms with Crippen LogP contribution in [0.15, 0.2) is 47.8 Å². The van der Waals surface area contributed by atoms with E-state index in [1.165, 1.54) is 10.4 Å². The van der Waals surface area contributed by atoms with Gasteiger partial charge in [0.05, 0.1) is 11.7 Å². The number of carbonyl (C=O) groups excluding carboxylic acids is 1. The molecule has 0 bridgehead atoms. The van der Waals surface area contributed by atoms with Crippen molar-refractivity contribution in [3.05, 3.63) is 69.7 Å². The Hall–Kier alpha value is -2.40. The Labute approximate surface area is 145 Å². The molecule has 0 radical (unpaired) electrons. The van der Waals surface area contributed by atoms with Crippen molar-refractivity contribution >= 4 is 17.2 Å². The SMILES string of the molecule is Cc1cc(C(=O)N2CCc3sccc3C2C)nn1-c1ccccc1. The van der Waals surface area contributed by atoms with Gasteiger partial charge in [-0.3, -0.25) is 4.79 Å². The molecule has 1 aromatic carbocycles. The highest BCUT2D eigenvalue weighted by atomic mass is 32.1. The predicted octanol–water partition coefficient (Wildman–Crippen LogP) is 4.00. The van der Waals surface area contributed by atoms with Gasteiger partial charge in [0.2, 0.25) is 0 Å². The van der Waals surface area contributed by atoms with Gasteiger partial charge in [0, 0.05) is 17.1 Å². The number of thiophene rings is 1. The third-order valence-corrected chi connectivity index (χ3v) is 5.64. The molecule has 4 rings (SSSR count). The molecule has 2 aromatic heterocycles. The van der Waals surface area contributed by atoms with Crippen molar-refractivity contribution in [2.75, 3.05) is 6.54 Å². The van der Waals surface area contributed by atoms with E-state index in [1.807, 2.05) is 52.9 Å². The van der Waals surface area contributed by atoms with E-state index >= 15 is 0 Å². The molecule has 1 aliphatic heterocycles. The van der Waals surface area contributed by atoms with E-state index in [9.17, 15) is 4.79 Å². The fourth-order valence-electron chi connectivity index (χ4n) is 3.34. The normalized spacial score (nSPS) is 16.9.